The smallest absolute Gasteiger partial charge is 0.251 e. The molecule has 0 aromatic carbocycles. The highest BCUT2D eigenvalue weighted by Gasteiger charge is 2.25. The molecule has 0 radical (unpaired) electrons. The van der Waals surface area contributed by atoms with Crippen LogP contribution in [0, 0.1) is 11.8 Å². The molecule has 1 aliphatic carbocycles. The maximum absolute atomic E-state index is 12.6. The Balaban J connectivity index is 0.00000162. The Morgan fingerprint density at radius 3 is 2.00 bits per heavy atom. The van der Waals surface area contributed by atoms with E-state index < -0.39 is 6.43 Å². The summed E-state index contributed by atoms with van der Waals surface area (Å²) in [4.78, 5) is 2.02. The molecule has 108 valence electrons. The Labute approximate surface area is 115 Å². The second-order valence-electron chi connectivity index (χ2n) is 5.60. The number of rotatable bonds is 6. The van der Waals surface area contributed by atoms with Crippen molar-refractivity contribution < 1.29 is 8.78 Å². The van der Waals surface area contributed by atoms with Crippen LogP contribution >= 0.6 is 12.4 Å². The van der Waals surface area contributed by atoms with Gasteiger partial charge in [0, 0.05) is 13.1 Å². The van der Waals surface area contributed by atoms with Gasteiger partial charge in [-0.2, -0.15) is 0 Å². The lowest BCUT2D eigenvalue weighted by Gasteiger charge is -2.35. The molecule has 0 unspecified atom stereocenters. The molecule has 2 nitrogen and oxygen atoms in total. The average Bonchev–Trinajstić information content (AvgIpc) is 2.24. The molecule has 0 aromatic rings. The second kappa shape index (κ2) is 8.28. The van der Waals surface area contributed by atoms with E-state index in [1.54, 1.807) is 0 Å². The third kappa shape index (κ3) is 5.37. The van der Waals surface area contributed by atoms with Crippen LogP contribution in [0.2, 0.25) is 0 Å². The average molecular weight is 283 g/mol. The van der Waals surface area contributed by atoms with Crippen molar-refractivity contribution >= 4 is 12.4 Å². The molecule has 0 atom stereocenters. The second-order valence-corrected chi connectivity index (χ2v) is 5.60. The SMILES string of the molecule is Cl.FC(F)CN(CC1CCC1)CC1CCNCC1. The van der Waals surface area contributed by atoms with Crippen LogP contribution < -0.4 is 5.32 Å². The highest BCUT2D eigenvalue weighted by atomic mass is 35.5. The number of halogens is 3. The number of piperidine rings is 1. The summed E-state index contributed by atoms with van der Waals surface area (Å²) in [7, 11) is 0. The van der Waals surface area contributed by atoms with Gasteiger partial charge in [0.15, 0.2) is 0 Å². The summed E-state index contributed by atoms with van der Waals surface area (Å²) in [6.07, 6.45) is 3.88. The lowest BCUT2D eigenvalue weighted by molar-refractivity contribution is 0.0587. The lowest BCUT2D eigenvalue weighted by Crippen LogP contribution is -2.41. The fraction of sp³-hybridized carbons (Fsp3) is 1.00. The van der Waals surface area contributed by atoms with Crippen LogP contribution in [0.25, 0.3) is 0 Å². The maximum atomic E-state index is 12.6. The van der Waals surface area contributed by atoms with Crippen molar-refractivity contribution in [2.75, 3.05) is 32.7 Å². The molecule has 2 aliphatic rings. The van der Waals surface area contributed by atoms with Gasteiger partial charge in [-0.25, -0.2) is 8.78 Å². The minimum atomic E-state index is -2.18. The van der Waals surface area contributed by atoms with Crippen molar-refractivity contribution in [2.24, 2.45) is 11.8 Å². The number of nitrogens with one attached hydrogen (secondary N) is 1. The zero-order chi connectivity index (χ0) is 12.1. The summed E-state index contributed by atoms with van der Waals surface area (Å²) in [6.45, 7) is 3.85. The van der Waals surface area contributed by atoms with Crippen LogP contribution in [-0.4, -0.2) is 44.0 Å². The molecule has 1 saturated heterocycles. The lowest BCUT2D eigenvalue weighted by atomic mass is 9.84. The summed E-state index contributed by atoms with van der Waals surface area (Å²) >= 11 is 0. The predicted molar refractivity (Wildman–Crippen MR) is 72.6 cm³/mol. The van der Waals surface area contributed by atoms with Crippen molar-refractivity contribution in [3.05, 3.63) is 0 Å². The highest BCUT2D eigenvalue weighted by Crippen LogP contribution is 2.28. The van der Waals surface area contributed by atoms with Gasteiger partial charge in [0.25, 0.3) is 6.43 Å². The molecule has 2 rings (SSSR count). The van der Waals surface area contributed by atoms with Gasteiger partial charge >= 0.3 is 0 Å². The Morgan fingerprint density at radius 2 is 1.56 bits per heavy atom. The summed E-state index contributed by atoms with van der Waals surface area (Å²) in [5, 5.41) is 3.33. The third-order valence-electron chi connectivity index (χ3n) is 4.11. The molecular formula is C13H25ClF2N2. The molecular weight excluding hydrogens is 258 g/mol. The Morgan fingerprint density at radius 1 is 1.00 bits per heavy atom. The standard InChI is InChI=1S/C13H24F2N2.ClH/c14-13(15)10-17(8-11-2-1-3-11)9-12-4-6-16-7-5-12;/h11-13,16H,1-10H2;1H. The minimum Gasteiger partial charge on any atom is -0.317 e. The summed E-state index contributed by atoms with van der Waals surface area (Å²) in [5.74, 6) is 1.31. The van der Waals surface area contributed by atoms with E-state index in [1.807, 2.05) is 4.90 Å². The molecule has 2 fully saturated rings. The molecule has 1 aliphatic heterocycles. The molecule has 0 aromatic heterocycles. The van der Waals surface area contributed by atoms with Crippen molar-refractivity contribution in [1.82, 2.24) is 10.2 Å². The van der Waals surface area contributed by atoms with Crippen LogP contribution in [0.1, 0.15) is 32.1 Å². The topological polar surface area (TPSA) is 15.3 Å². The largest absolute Gasteiger partial charge is 0.317 e. The van der Waals surface area contributed by atoms with Crippen LogP contribution in [-0.2, 0) is 0 Å². The van der Waals surface area contributed by atoms with Gasteiger partial charge in [-0.15, -0.1) is 12.4 Å². The van der Waals surface area contributed by atoms with Crippen LogP contribution in [0.3, 0.4) is 0 Å². The first kappa shape index (κ1) is 16.1. The number of hydrogen-bond donors (Lipinski definition) is 1. The van der Waals surface area contributed by atoms with Crippen LogP contribution in [0.5, 0.6) is 0 Å². The van der Waals surface area contributed by atoms with E-state index in [2.05, 4.69) is 5.32 Å². The molecule has 0 bridgehead atoms. The normalized spacial score (nSPS) is 22.0. The number of alkyl halides is 2. The Hall–Kier alpha value is 0.0700. The maximum Gasteiger partial charge on any atom is 0.251 e. The summed E-state index contributed by atoms with van der Waals surface area (Å²) in [5.41, 5.74) is 0. The molecule has 0 amide bonds. The fourth-order valence-corrected chi connectivity index (χ4v) is 2.89. The van der Waals surface area contributed by atoms with Gasteiger partial charge in [-0.1, -0.05) is 6.42 Å². The quantitative estimate of drug-likeness (QED) is 0.806. The van der Waals surface area contributed by atoms with E-state index in [1.165, 1.54) is 19.3 Å². The molecule has 1 heterocycles. The van der Waals surface area contributed by atoms with Gasteiger partial charge in [0.2, 0.25) is 0 Å². The third-order valence-corrected chi connectivity index (χ3v) is 4.11. The van der Waals surface area contributed by atoms with Gasteiger partial charge in [-0.05, 0) is 50.6 Å². The van der Waals surface area contributed by atoms with Crippen LogP contribution in [0.15, 0.2) is 0 Å². The molecule has 18 heavy (non-hydrogen) atoms. The van der Waals surface area contributed by atoms with Gasteiger partial charge in [0.05, 0.1) is 6.54 Å². The minimum absolute atomic E-state index is 0. The van der Waals surface area contributed by atoms with Crippen LogP contribution in [0.4, 0.5) is 8.78 Å². The van der Waals surface area contributed by atoms with E-state index in [0.29, 0.717) is 11.8 Å². The fourth-order valence-electron chi connectivity index (χ4n) is 2.89. The van der Waals surface area contributed by atoms with E-state index in [-0.39, 0.29) is 19.0 Å². The number of nitrogens with zero attached hydrogens (tertiary/aromatic N) is 1. The molecule has 1 saturated carbocycles. The van der Waals surface area contributed by atoms with E-state index in [0.717, 1.165) is 39.0 Å². The van der Waals surface area contributed by atoms with E-state index >= 15 is 0 Å². The van der Waals surface area contributed by atoms with E-state index in [4.69, 9.17) is 0 Å². The molecule has 0 spiro atoms. The van der Waals surface area contributed by atoms with Gasteiger partial charge < -0.3 is 5.32 Å². The Bertz CT molecular complexity index is 219. The van der Waals surface area contributed by atoms with Crippen molar-refractivity contribution in [3.8, 4) is 0 Å². The highest BCUT2D eigenvalue weighted by molar-refractivity contribution is 5.85. The van der Waals surface area contributed by atoms with Crippen molar-refractivity contribution in [3.63, 3.8) is 0 Å². The zero-order valence-corrected chi connectivity index (χ0v) is 11.7. The zero-order valence-electron chi connectivity index (χ0n) is 10.9. The van der Waals surface area contributed by atoms with Gasteiger partial charge in [0.1, 0.15) is 0 Å². The van der Waals surface area contributed by atoms with Crippen molar-refractivity contribution in [1.29, 1.82) is 0 Å². The summed E-state index contributed by atoms with van der Waals surface area (Å²) < 4.78 is 25.1. The molecule has 1 N–H and O–H groups in total. The van der Waals surface area contributed by atoms with Crippen molar-refractivity contribution in [2.45, 2.75) is 38.5 Å². The monoisotopic (exact) mass is 282 g/mol. The van der Waals surface area contributed by atoms with Gasteiger partial charge in [-0.3, -0.25) is 4.90 Å². The first-order valence-electron chi connectivity index (χ1n) is 6.95. The number of hydrogen-bond acceptors (Lipinski definition) is 2. The first-order valence-corrected chi connectivity index (χ1v) is 6.95. The first-order chi connectivity index (χ1) is 8.24. The Kier molecular flexibility index (Phi) is 7.42. The predicted octanol–water partition coefficient (Wildman–Crippen LogP) is 2.78. The van der Waals surface area contributed by atoms with E-state index in [9.17, 15) is 8.78 Å². The summed E-state index contributed by atoms with van der Waals surface area (Å²) in [6, 6.07) is 0. The molecule has 5 heteroatoms.